The average molecular weight is 239 g/mol. The van der Waals surface area contributed by atoms with Crippen molar-refractivity contribution in [1.82, 2.24) is 19.8 Å². The summed E-state index contributed by atoms with van der Waals surface area (Å²) >= 11 is 0. The van der Waals surface area contributed by atoms with Crippen LogP contribution in [0.5, 0.6) is 0 Å². The summed E-state index contributed by atoms with van der Waals surface area (Å²) in [5, 5.41) is 12.6. The summed E-state index contributed by atoms with van der Waals surface area (Å²) in [6.45, 7) is 4.08. The lowest BCUT2D eigenvalue weighted by Gasteiger charge is -2.08. The Bertz CT molecular complexity index is 729. The first-order chi connectivity index (χ1) is 8.66. The molecule has 0 amide bonds. The molecule has 5 heteroatoms. The number of hydrogen-bond donors (Lipinski definition) is 1. The van der Waals surface area contributed by atoms with Crippen molar-refractivity contribution >= 4 is 11.3 Å². The molecule has 3 aromatic rings. The molecule has 90 valence electrons. The zero-order chi connectivity index (χ0) is 12.7. The highest BCUT2D eigenvalue weighted by Crippen LogP contribution is 2.26. The van der Waals surface area contributed by atoms with Crippen LogP contribution in [0, 0.1) is 13.8 Å². The maximum atomic E-state index is 5.90. The zero-order valence-electron chi connectivity index (χ0n) is 10.3. The first-order valence-corrected chi connectivity index (χ1v) is 5.70. The topological polar surface area (TPSA) is 69.1 Å². The van der Waals surface area contributed by atoms with Crippen LogP contribution in [0.4, 0.5) is 5.69 Å². The lowest BCUT2D eigenvalue weighted by atomic mass is 10.0. The molecule has 0 saturated heterocycles. The molecule has 0 aliphatic rings. The van der Waals surface area contributed by atoms with E-state index in [2.05, 4.69) is 15.3 Å². The maximum absolute atomic E-state index is 5.90. The number of aryl methyl sites for hydroxylation is 1. The van der Waals surface area contributed by atoms with E-state index in [1.165, 1.54) is 0 Å². The Balaban J connectivity index is 2.33. The van der Waals surface area contributed by atoms with Crippen LogP contribution in [0.3, 0.4) is 0 Å². The Hall–Kier alpha value is -2.43. The Morgan fingerprint density at radius 2 is 2.00 bits per heavy atom. The van der Waals surface area contributed by atoms with E-state index in [-0.39, 0.29) is 0 Å². The molecule has 0 aliphatic carbocycles. The van der Waals surface area contributed by atoms with Gasteiger partial charge >= 0.3 is 0 Å². The van der Waals surface area contributed by atoms with E-state index < -0.39 is 0 Å². The third-order valence-corrected chi connectivity index (χ3v) is 3.11. The van der Waals surface area contributed by atoms with Crippen molar-refractivity contribution in [3.63, 3.8) is 0 Å². The smallest absolute Gasteiger partial charge is 0.185 e. The fourth-order valence-electron chi connectivity index (χ4n) is 2.03. The molecule has 2 aromatic heterocycles. The van der Waals surface area contributed by atoms with Gasteiger partial charge in [-0.3, -0.25) is 0 Å². The van der Waals surface area contributed by atoms with Gasteiger partial charge in [0, 0.05) is 17.4 Å². The molecule has 2 heterocycles. The Morgan fingerprint density at radius 1 is 1.17 bits per heavy atom. The highest BCUT2D eigenvalue weighted by Gasteiger charge is 2.12. The van der Waals surface area contributed by atoms with Crippen molar-refractivity contribution in [2.45, 2.75) is 13.8 Å². The van der Waals surface area contributed by atoms with E-state index in [0.29, 0.717) is 0 Å². The lowest BCUT2D eigenvalue weighted by molar-refractivity contribution is 0.934. The van der Waals surface area contributed by atoms with Crippen molar-refractivity contribution in [1.29, 1.82) is 0 Å². The lowest BCUT2D eigenvalue weighted by Crippen LogP contribution is -1.98. The molecular formula is C13H13N5. The molecule has 0 radical (unpaired) electrons. The molecular weight excluding hydrogens is 226 g/mol. The van der Waals surface area contributed by atoms with Gasteiger partial charge in [-0.05, 0) is 49.2 Å². The number of benzene rings is 1. The predicted molar refractivity (Wildman–Crippen MR) is 70.1 cm³/mol. The monoisotopic (exact) mass is 239 g/mol. The standard InChI is InChI=1S/C13H13N5/c1-8-6-10(14)7-11(9(8)2)13-17-16-12-4-3-5-15-18(12)13/h3-7H,14H2,1-2H3. The number of nitrogen functional groups attached to an aromatic ring is 1. The van der Waals surface area contributed by atoms with Crippen molar-refractivity contribution in [3.8, 4) is 11.4 Å². The summed E-state index contributed by atoms with van der Waals surface area (Å²) in [5.74, 6) is 0.721. The Labute approximate surface area is 104 Å². The first kappa shape index (κ1) is 10.7. The molecule has 0 atom stereocenters. The molecule has 0 aliphatic heterocycles. The van der Waals surface area contributed by atoms with Crippen LogP contribution in [0.1, 0.15) is 11.1 Å². The van der Waals surface area contributed by atoms with Gasteiger partial charge in [0.05, 0.1) is 0 Å². The van der Waals surface area contributed by atoms with Gasteiger partial charge in [-0.25, -0.2) is 0 Å². The van der Waals surface area contributed by atoms with E-state index in [9.17, 15) is 0 Å². The summed E-state index contributed by atoms with van der Waals surface area (Å²) in [4.78, 5) is 0. The van der Waals surface area contributed by atoms with Crippen LogP contribution < -0.4 is 5.73 Å². The van der Waals surface area contributed by atoms with E-state index in [0.717, 1.165) is 33.8 Å². The van der Waals surface area contributed by atoms with Gasteiger partial charge in [0.15, 0.2) is 11.5 Å². The van der Waals surface area contributed by atoms with Gasteiger partial charge in [0.2, 0.25) is 0 Å². The van der Waals surface area contributed by atoms with Crippen LogP contribution in [-0.2, 0) is 0 Å². The van der Waals surface area contributed by atoms with Gasteiger partial charge < -0.3 is 5.73 Å². The van der Waals surface area contributed by atoms with Crippen LogP contribution in [0.25, 0.3) is 17.0 Å². The molecule has 0 unspecified atom stereocenters. The van der Waals surface area contributed by atoms with E-state index in [1.807, 2.05) is 38.1 Å². The van der Waals surface area contributed by atoms with Crippen molar-refractivity contribution < 1.29 is 0 Å². The predicted octanol–water partition coefficient (Wildman–Crippen LogP) is 1.99. The maximum Gasteiger partial charge on any atom is 0.185 e. The minimum absolute atomic E-state index is 0.721. The first-order valence-electron chi connectivity index (χ1n) is 5.70. The number of aromatic nitrogens is 4. The third-order valence-electron chi connectivity index (χ3n) is 3.11. The van der Waals surface area contributed by atoms with E-state index >= 15 is 0 Å². The van der Waals surface area contributed by atoms with Crippen molar-refractivity contribution in [2.24, 2.45) is 0 Å². The van der Waals surface area contributed by atoms with Gasteiger partial charge in [0.1, 0.15) is 0 Å². The molecule has 18 heavy (non-hydrogen) atoms. The fraction of sp³-hybridized carbons (Fsp3) is 0.154. The van der Waals surface area contributed by atoms with Crippen LogP contribution >= 0.6 is 0 Å². The fourth-order valence-corrected chi connectivity index (χ4v) is 2.03. The quantitative estimate of drug-likeness (QED) is 0.659. The Morgan fingerprint density at radius 3 is 2.83 bits per heavy atom. The largest absolute Gasteiger partial charge is 0.399 e. The summed E-state index contributed by atoms with van der Waals surface area (Å²) < 4.78 is 1.72. The molecule has 3 rings (SSSR count). The average Bonchev–Trinajstić information content (AvgIpc) is 2.77. The zero-order valence-corrected chi connectivity index (χ0v) is 10.3. The number of nitrogens with two attached hydrogens (primary N) is 1. The molecule has 0 bridgehead atoms. The summed E-state index contributed by atoms with van der Waals surface area (Å²) in [5.41, 5.74) is 10.6. The van der Waals surface area contributed by atoms with Gasteiger partial charge in [-0.15, -0.1) is 10.2 Å². The minimum atomic E-state index is 0.721. The summed E-state index contributed by atoms with van der Waals surface area (Å²) in [7, 11) is 0. The number of nitrogens with zero attached hydrogens (tertiary/aromatic N) is 4. The van der Waals surface area contributed by atoms with E-state index in [1.54, 1.807) is 10.7 Å². The molecule has 2 N–H and O–H groups in total. The third kappa shape index (κ3) is 1.52. The highest BCUT2D eigenvalue weighted by atomic mass is 15.4. The summed E-state index contributed by atoms with van der Waals surface area (Å²) in [6, 6.07) is 7.58. The van der Waals surface area contributed by atoms with Crippen molar-refractivity contribution in [2.75, 3.05) is 5.73 Å². The minimum Gasteiger partial charge on any atom is -0.399 e. The second-order valence-corrected chi connectivity index (χ2v) is 4.33. The van der Waals surface area contributed by atoms with Crippen molar-refractivity contribution in [3.05, 3.63) is 41.6 Å². The number of anilines is 1. The number of hydrogen-bond acceptors (Lipinski definition) is 4. The molecule has 1 aromatic carbocycles. The number of rotatable bonds is 1. The second-order valence-electron chi connectivity index (χ2n) is 4.33. The molecule has 5 nitrogen and oxygen atoms in total. The van der Waals surface area contributed by atoms with Crippen LogP contribution in [0.15, 0.2) is 30.5 Å². The second kappa shape index (κ2) is 3.80. The SMILES string of the molecule is Cc1cc(N)cc(-c2nnc3cccnn23)c1C. The van der Waals surface area contributed by atoms with E-state index in [4.69, 9.17) is 5.73 Å². The summed E-state index contributed by atoms with van der Waals surface area (Å²) in [6.07, 6.45) is 1.72. The Kier molecular flexibility index (Phi) is 2.26. The molecule has 0 fully saturated rings. The van der Waals surface area contributed by atoms with Gasteiger partial charge in [-0.2, -0.15) is 9.61 Å². The number of fused-ring (bicyclic) bond motifs is 1. The molecule has 0 saturated carbocycles. The molecule has 0 spiro atoms. The normalized spacial score (nSPS) is 11.0. The van der Waals surface area contributed by atoms with Gasteiger partial charge in [-0.1, -0.05) is 0 Å². The highest BCUT2D eigenvalue weighted by molar-refractivity contribution is 5.69. The van der Waals surface area contributed by atoms with Gasteiger partial charge in [0.25, 0.3) is 0 Å². The van der Waals surface area contributed by atoms with Crippen LogP contribution in [0.2, 0.25) is 0 Å². The van der Waals surface area contributed by atoms with Crippen LogP contribution in [-0.4, -0.2) is 19.8 Å².